The predicted octanol–water partition coefficient (Wildman–Crippen LogP) is 3.65. The van der Waals surface area contributed by atoms with Gasteiger partial charge in [0, 0.05) is 18.3 Å². The number of nitrogens with zero attached hydrogens (tertiary/aromatic N) is 4. The van der Waals surface area contributed by atoms with Crippen LogP contribution in [-0.4, -0.2) is 32.8 Å². The van der Waals surface area contributed by atoms with Crippen molar-refractivity contribution in [2.45, 2.75) is 6.54 Å². The minimum Gasteiger partial charge on any atom is -0.497 e. The quantitative estimate of drug-likeness (QED) is 0.546. The van der Waals surface area contributed by atoms with Crippen molar-refractivity contribution in [2.75, 3.05) is 12.4 Å². The zero-order chi connectivity index (χ0) is 20.1. The number of pyridine rings is 1. The lowest BCUT2D eigenvalue weighted by Gasteiger charge is -2.08. The third kappa shape index (κ3) is 4.14. The second-order valence-corrected chi connectivity index (χ2v) is 6.26. The van der Waals surface area contributed by atoms with Crippen LogP contribution in [0.25, 0.3) is 11.5 Å². The van der Waals surface area contributed by atoms with E-state index in [0.29, 0.717) is 35.3 Å². The van der Waals surface area contributed by atoms with Gasteiger partial charge in [0.1, 0.15) is 11.4 Å². The predicted molar refractivity (Wildman–Crippen MR) is 110 cm³/mol. The molecule has 0 radical (unpaired) electrons. The maximum absolute atomic E-state index is 13.1. The molecular weight excluding hydrogens is 366 g/mol. The van der Waals surface area contributed by atoms with Gasteiger partial charge in [-0.15, -0.1) is 5.10 Å². The van der Waals surface area contributed by atoms with Crippen molar-refractivity contribution in [3.8, 4) is 17.3 Å². The van der Waals surface area contributed by atoms with Crippen LogP contribution in [0, 0.1) is 0 Å². The van der Waals surface area contributed by atoms with E-state index in [4.69, 9.17) is 4.74 Å². The normalized spacial score (nSPS) is 10.5. The number of carbonyl (C=O) groups is 1. The number of aromatic nitrogens is 4. The lowest BCUT2D eigenvalue weighted by atomic mass is 10.2. The molecular formula is C22H19N5O2. The summed E-state index contributed by atoms with van der Waals surface area (Å²) in [5.41, 5.74) is 2.14. The third-order valence-corrected chi connectivity index (χ3v) is 4.32. The van der Waals surface area contributed by atoms with Crippen LogP contribution in [0.3, 0.4) is 0 Å². The van der Waals surface area contributed by atoms with Crippen LogP contribution in [0.1, 0.15) is 15.9 Å². The Morgan fingerprint density at radius 1 is 1.00 bits per heavy atom. The van der Waals surface area contributed by atoms with Crippen LogP contribution in [0.2, 0.25) is 0 Å². The average Bonchev–Trinajstić information content (AvgIpc) is 3.23. The van der Waals surface area contributed by atoms with E-state index in [-0.39, 0.29) is 5.91 Å². The van der Waals surface area contributed by atoms with E-state index >= 15 is 0 Å². The number of carbonyl (C=O) groups excluding carboxylic acids is 1. The van der Waals surface area contributed by atoms with Gasteiger partial charge < -0.3 is 10.1 Å². The monoisotopic (exact) mass is 385 g/mol. The Balaban J connectivity index is 1.67. The zero-order valence-corrected chi connectivity index (χ0v) is 15.8. The first-order valence-corrected chi connectivity index (χ1v) is 9.09. The molecule has 0 unspecified atom stereocenters. The minimum atomic E-state index is -0.294. The summed E-state index contributed by atoms with van der Waals surface area (Å²) in [6.07, 6.45) is 1.67. The number of hydrogen-bond donors (Lipinski definition) is 1. The van der Waals surface area contributed by atoms with E-state index in [2.05, 4.69) is 20.4 Å². The molecule has 0 aliphatic rings. The molecule has 0 saturated heterocycles. The molecule has 0 aliphatic carbocycles. The number of ether oxygens (including phenoxy) is 1. The first kappa shape index (κ1) is 18.4. The fourth-order valence-electron chi connectivity index (χ4n) is 2.80. The smallest absolute Gasteiger partial charge is 0.281 e. The molecule has 4 rings (SSSR count). The van der Waals surface area contributed by atoms with Crippen molar-refractivity contribution in [3.05, 3.63) is 90.1 Å². The van der Waals surface area contributed by atoms with Crippen LogP contribution in [0.5, 0.6) is 5.75 Å². The Hall–Kier alpha value is -4.00. The fourth-order valence-corrected chi connectivity index (χ4v) is 2.80. The van der Waals surface area contributed by atoms with Gasteiger partial charge in [-0.25, -0.2) is 0 Å². The second-order valence-electron chi connectivity index (χ2n) is 6.26. The van der Waals surface area contributed by atoms with Crippen LogP contribution in [0.4, 0.5) is 5.95 Å². The van der Waals surface area contributed by atoms with Crippen LogP contribution < -0.4 is 10.1 Å². The van der Waals surface area contributed by atoms with Crippen molar-refractivity contribution in [1.82, 2.24) is 19.7 Å². The van der Waals surface area contributed by atoms with Crippen molar-refractivity contribution in [2.24, 2.45) is 0 Å². The molecule has 0 spiro atoms. The molecule has 4 aromatic rings. The fraction of sp³-hybridized carbons (Fsp3) is 0.0909. The summed E-state index contributed by atoms with van der Waals surface area (Å²) in [5, 5.41) is 7.62. The molecule has 7 nitrogen and oxygen atoms in total. The largest absolute Gasteiger partial charge is 0.497 e. The number of anilines is 1. The average molecular weight is 385 g/mol. The SMILES string of the molecule is COc1ccc(C(=O)n2nc(-c3ccccn3)nc2NCc2ccccc2)cc1. The van der Waals surface area contributed by atoms with Gasteiger partial charge in [0.05, 0.1) is 7.11 Å². The summed E-state index contributed by atoms with van der Waals surface area (Å²) in [6.45, 7) is 0.511. The molecule has 0 bridgehead atoms. The summed E-state index contributed by atoms with van der Waals surface area (Å²) in [4.78, 5) is 21.9. The van der Waals surface area contributed by atoms with Gasteiger partial charge in [-0.1, -0.05) is 36.4 Å². The van der Waals surface area contributed by atoms with E-state index in [1.54, 1.807) is 43.6 Å². The molecule has 0 fully saturated rings. The molecule has 7 heteroatoms. The third-order valence-electron chi connectivity index (χ3n) is 4.32. The highest BCUT2D eigenvalue weighted by atomic mass is 16.5. The summed E-state index contributed by atoms with van der Waals surface area (Å²) < 4.78 is 6.43. The van der Waals surface area contributed by atoms with E-state index in [9.17, 15) is 4.79 Å². The molecule has 2 aromatic heterocycles. The molecule has 0 aliphatic heterocycles. The van der Waals surface area contributed by atoms with Gasteiger partial charge in [0.2, 0.25) is 11.8 Å². The molecule has 2 aromatic carbocycles. The highest BCUT2D eigenvalue weighted by molar-refractivity contribution is 5.97. The van der Waals surface area contributed by atoms with Crippen LogP contribution in [-0.2, 0) is 6.54 Å². The van der Waals surface area contributed by atoms with Crippen molar-refractivity contribution in [1.29, 1.82) is 0 Å². The lowest BCUT2D eigenvalue weighted by Crippen LogP contribution is -2.17. The Labute approximate surface area is 168 Å². The maximum Gasteiger partial charge on any atom is 0.281 e. The van der Waals surface area contributed by atoms with Crippen molar-refractivity contribution in [3.63, 3.8) is 0 Å². The number of nitrogens with one attached hydrogen (secondary N) is 1. The van der Waals surface area contributed by atoms with Crippen LogP contribution >= 0.6 is 0 Å². The Morgan fingerprint density at radius 3 is 2.45 bits per heavy atom. The molecule has 1 N–H and O–H groups in total. The summed E-state index contributed by atoms with van der Waals surface area (Å²) >= 11 is 0. The number of rotatable bonds is 6. The van der Waals surface area contributed by atoms with Gasteiger partial charge in [-0.3, -0.25) is 9.78 Å². The summed E-state index contributed by atoms with van der Waals surface area (Å²) in [7, 11) is 1.58. The molecule has 0 amide bonds. The first-order valence-electron chi connectivity index (χ1n) is 9.09. The lowest BCUT2D eigenvalue weighted by molar-refractivity contribution is 0.0947. The van der Waals surface area contributed by atoms with Crippen LogP contribution in [0.15, 0.2) is 79.0 Å². The number of hydrogen-bond acceptors (Lipinski definition) is 6. The second kappa shape index (κ2) is 8.35. The van der Waals surface area contributed by atoms with Gasteiger partial charge in [-0.2, -0.15) is 9.67 Å². The van der Waals surface area contributed by atoms with E-state index in [1.165, 1.54) is 4.68 Å². The molecule has 0 saturated carbocycles. The Kier molecular flexibility index (Phi) is 5.29. The van der Waals surface area contributed by atoms with Gasteiger partial charge in [0.25, 0.3) is 5.91 Å². The van der Waals surface area contributed by atoms with Crippen molar-refractivity contribution >= 4 is 11.9 Å². The first-order chi connectivity index (χ1) is 14.2. The van der Waals surface area contributed by atoms with Gasteiger partial charge in [-0.05, 0) is 42.0 Å². The van der Waals surface area contributed by atoms with E-state index < -0.39 is 0 Å². The highest BCUT2D eigenvalue weighted by Gasteiger charge is 2.19. The molecule has 0 atom stereocenters. The zero-order valence-electron chi connectivity index (χ0n) is 15.8. The van der Waals surface area contributed by atoms with E-state index in [1.807, 2.05) is 42.5 Å². The topological polar surface area (TPSA) is 81.9 Å². The standard InChI is InChI=1S/C22H19N5O2/c1-29-18-12-10-17(11-13-18)21(28)27-22(24-15-16-7-3-2-4-8-16)25-20(26-27)19-9-5-6-14-23-19/h2-14H,15H2,1H3,(H,24,25,26). The van der Waals surface area contributed by atoms with E-state index in [0.717, 1.165) is 5.56 Å². The highest BCUT2D eigenvalue weighted by Crippen LogP contribution is 2.19. The van der Waals surface area contributed by atoms with Gasteiger partial charge >= 0.3 is 0 Å². The number of benzene rings is 2. The molecule has 29 heavy (non-hydrogen) atoms. The number of methoxy groups -OCH3 is 1. The Morgan fingerprint density at radius 2 is 1.76 bits per heavy atom. The molecule has 144 valence electrons. The minimum absolute atomic E-state index is 0.294. The molecule has 2 heterocycles. The summed E-state index contributed by atoms with van der Waals surface area (Å²) in [6, 6.07) is 22.2. The van der Waals surface area contributed by atoms with Crippen molar-refractivity contribution < 1.29 is 9.53 Å². The van der Waals surface area contributed by atoms with Gasteiger partial charge in [0.15, 0.2) is 0 Å². The summed E-state index contributed by atoms with van der Waals surface area (Å²) in [5.74, 6) is 1.12. The Bertz CT molecular complexity index is 1090. The maximum atomic E-state index is 13.1.